The Balaban J connectivity index is 2.75. The second-order valence-electron chi connectivity index (χ2n) is 3.86. The van der Waals surface area contributed by atoms with E-state index in [2.05, 4.69) is 10.1 Å². The topological polar surface area (TPSA) is 95.9 Å². The van der Waals surface area contributed by atoms with Crippen LogP contribution in [-0.4, -0.2) is 48.7 Å². The molecular formula is C12H13ClN2O5. The maximum atomic E-state index is 11.8. The minimum atomic E-state index is -1.12. The van der Waals surface area contributed by atoms with Gasteiger partial charge in [0.25, 0.3) is 0 Å². The van der Waals surface area contributed by atoms with E-state index in [-0.39, 0.29) is 22.8 Å². The van der Waals surface area contributed by atoms with E-state index < -0.39 is 18.0 Å². The van der Waals surface area contributed by atoms with E-state index in [1.165, 1.54) is 32.4 Å². The van der Waals surface area contributed by atoms with Gasteiger partial charge in [0.05, 0.1) is 23.4 Å². The summed E-state index contributed by atoms with van der Waals surface area (Å²) in [5.41, 5.74) is 0.259. The number of hydrogen-bond donors (Lipinski definition) is 2. The third-order valence-corrected chi connectivity index (χ3v) is 2.71. The summed E-state index contributed by atoms with van der Waals surface area (Å²) in [6.45, 7) is -0.215. The summed E-state index contributed by atoms with van der Waals surface area (Å²) in [6.07, 6.45) is 0. The van der Waals surface area contributed by atoms with Crippen LogP contribution in [0, 0.1) is 0 Å². The molecule has 0 saturated heterocycles. The first-order chi connectivity index (χ1) is 9.35. The molecule has 1 aromatic carbocycles. The lowest BCUT2D eigenvalue weighted by Crippen LogP contribution is -2.36. The van der Waals surface area contributed by atoms with Crippen molar-refractivity contribution in [2.24, 2.45) is 0 Å². The second-order valence-corrected chi connectivity index (χ2v) is 4.27. The number of benzene rings is 1. The lowest BCUT2D eigenvalue weighted by atomic mass is 10.2. The van der Waals surface area contributed by atoms with Gasteiger partial charge in [0.1, 0.15) is 6.54 Å². The van der Waals surface area contributed by atoms with Crippen LogP contribution in [0.5, 0.6) is 0 Å². The summed E-state index contributed by atoms with van der Waals surface area (Å²) in [5, 5.41) is 11.3. The number of urea groups is 1. The molecule has 0 bridgehead atoms. The Kier molecular flexibility index (Phi) is 5.33. The van der Waals surface area contributed by atoms with Gasteiger partial charge in [-0.2, -0.15) is 0 Å². The summed E-state index contributed by atoms with van der Waals surface area (Å²) in [7, 11) is 2.63. The predicted octanol–water partition coefficient (Wildman–Crippen LogP) is 1.67. The molecule has 0 spiro atoms. The van der Waals surface area contributed by atoms with Crippen molar-refractivity contribution in [3.8, 4) is 0 Å². The zero-order valence-electron chi connectivity index (χ0n) is 10.8. The standard InChI is InChI=1S/C12H13ClN2O5/c1-15(6-10(16)20-2)12(19)14-9-4-3-7(11(17)18)5-8(9)13/h3-5H,6H2,1-2H3,(H,14,19)(H,17,18). The van der Waals surface area contributed by atoms with Gasteiger partial charge < -0.3 is 20.1 Å². The third kappa shape index (κ3) is 4.13. The van der Waals surface area contributed by atoms with E-state index in [4.69, 9.17) is 16.7 Å². The Morgan fingerprint density at radius 1 is 1.40 bits per heavy atom. The number of aromatic carboxylic acids is 1. The Morgan fingerprint density at radius 2 is 2.05 bits per heavy atom. The highest BCUT2D eigenvalue weighted by Gasteiger charge is 2.15. The lowest BCUT2D eigenvalue weighted by Gasteiger charge is -2.17. The van der Waals surface area contributed by atoms with Crippen LogP contribution in [-0.2, 0) is 9.53 Å². The van der Waals surface area contributed by atoms with E-state index in [9.17, 15) is 14.4 Å². The van der Waals surface area contributed by atoms with Gasteiger partial charge in [-0.15, -0.1) is 0 Å². The molecule has 20 heavy (non-hydrogen) atoms. The molecule has 0 unspecified atom stereocenters. The first kappa shape index (κ1) is 15.8. The van der Waals surface area contributed by atoms with Gasteiger partial charge in [-0.25, -0.2) is 9.59 Å². The SMILES string of the molecule is COC(=O)CN(C)C(=O)Nc1ccc(C(=O)O)cc1Cl. The number of rotatable bonds is 4. The summed E-state index contributed by atoms with van der Waals surface area (Å²) in [5.74, 6) is -1.68. The average Bonchev–Trinajstić information content (AvgIpc) is 2.40. The van der Waals surface area contributed by atoms with Crippen LogP contribution in [0.3, 0.4) is 0 Å². The van der Waals surface area contributed by atoms with Crippen molar-refractivity contribution >= 4 is 35.3 Å². The number of ether oxygens (including phenoxy) is 1. The third-order valence-electron chi connectivity index (χ3n) is 2.40. The number of amides is 2. The predicted molar refractivity (Wildman–Crippen MR) is 72.1 cm³/mol. The number of carboxylic acids is 1. The molecule has 0 aliphatic rings. The molecule has 0 aliphatic heterocycles. The molecule has 0 aromatic heterocycles. The number of esters is 1. The Bertz CT molecular complexity index is 547. The zero-order chi connectivity index (χ0) is 15.3. The second kappa shape index (κ2) is 6.76. The minimum Gasteiger partial charge on any atom is -0.478 e. The van der Waals surface area contributed by atoms with Crippen LogP contribution in [0.4, 0.5) is 10.5 Å². The Labute approximate surface area is 120 Å². The van der Waals surface area contributed by atoms with Gasteiger partial charge in [0.15, 0.2) is 0 Å². The van der Waals surface area contributed by atoms with Gasteiger partial charge in [-0.3, -0.25) is 4.79 Å². The summed E-state index contributed by atoms with van der Waals surface area (Å²) in [6, 6.07) is 3.33. The Morgan fingerprint density at radius 3 is 2.55 bits per heavy atom. The fraction of sp³-hybridized carbons (Fsp3) is 0.250. The molecule has 108 valence electrons. The molecule has 0 saturated carbocycles. The number of nitrogens with zero attached hydrogens (tertiary/aromatic N) is 1. The number of nitrogens with one attached hydrogen (secondary N) is 1. The highest BCUT2D eigenvalue weighted by Crippen LogP contribution is 2.23. The van der Waals surface area contributed by atoms with Crippen LogP contribution in [0.25, 0.3) is 0 Å². The van der Waals surface area contributed by atoms with Gasteiger partial charge in [-0.05, 0) is 18.2 Å². The molecule has 0 atom stereocenters. The summed E-state index contributed by atoms with van der Waals surface area (Å²) in [4.78, 5) is 34.6. The first-order valence-corrected chi connectivity index (χ1v) is 5.84. The number of hydrogen-bond acceptors (Lipinski definition) is 4. The number of anilines is 1. The van der Waals surface area contributed by atoms with Gasteiger partial charge in [0.2, 0.25) is 0 Å². The van der Waals surface area contributed by atoms with Crippen molar-refractivity contribution < 1.29 is 24.2 Å². The van der Waals surface area contributed by atoms with Crippen molar-refractivity contribution in [2.75, 3.05) is 26.0 Å². The molecule has 7 nitrogen and oxygen atoms in total. The summed E-state index contributed by atoms with van der Waals surface area (Å²) >= 11 is 5.87. The average molecular weight is 301 g/mol. The molecule has 0 radical (unpaired) electrons. The maximum Gasteiger partial charge on any atom is 0.335 e. The number of carbonyl (C=O) groups is 3. The number of halogens is 1. The zero-order valence-corrected chi connectivity index (χ0v) is 11.6. The molecule has 1 aromatic rings. The molecule has 8 heteroatoms. The van der Waals surface area contributed by atoms with Gasteiger partial charge in [-0.1, -0.05) is 11.6 Å². The monoisotopic (exact) mass is 300 g/mol. The number of likely N-dealkylation sites (N-methyl/N-ethyl adjacent to an activating group) is 1. The van der Waals surface area contributed by atoms with Crippen molar-refractivity contribution in [1.82, 2.24) is 4.90 Å². The van der Waals surface area contributed by atoms with Crippen LogP contribution in [0.2, 0.25) is 5.02 Å². The van der Waals surface area contributed by atoms with Crippen LogP contribution in [0.15, 0.2) is 18.2 Å². The van der Waals surface area contributed by atoms with E-state index in [1.54, 1.807) is 0 Å². The Hall–Kier alpha value is -2.28. The van der Waals surface area contributed by atoms with Crippen molar-refractivity contribution in [3.05, 3.63) is 28.8 Å². The van der Waals surface area contributed by atoms with Crippen molar-refractivity contribution in [2.45, 2.75) is 0 Å². The number of carbonyl (C=O) groups excluding carboxylic acids is 2. The van der Waals surface area contributed by atoms with E-state index >= 15 is 0 Å². The largest absolute Gasteiger partial charge is 0.478 e. The molecule has 0 fully saturated rings. The van der Waals surface area contributed by atoms with Gasteiger partial charge >= 0.3 is 18.0 Å². The first-order valence-electron chi connectivity index (χ1n) is 5.47. The van der Waals surface area contributed by atoms with Crippen LogP contribution >= 0.6 is 11.6 Å². The highest BCUT2D eigenvalue weighted by molar-refractivity contribution is 6.34. The molecule has 0 heterocycles. The normalized spacial score (nSPS) is 9.75. The quantitative estimate of drug-likeness (QED) is 0.825. The lowest BCUT2D eigenvalue weighted by molar-refractivity contribution is -0.140. The van der Waals surface area contributed by atoms with E-state index in [0.717, 1.165) is 4.90 Å². The molecule has 2 amide bonds. The molecule has 0 aliphatic carbocycles. The van der Waals surface area contributed by atoms with Gasteiger partial charge in [0, 0.05) is 7.05 Å². The fourth-order valence-electron chi connectivity index (χ4n) is 1.29. The number of carboxylic acid groups (broad SMARTS) is 1. The number of methoxy groups -OCH3 is 1. The van der Waals surface area contributed by atoms with Crippen molar-refractivity contribution in [1.29, 1.82) is 0 Å². The smallest absolute Gasteiger partial charge is 0.335 e. The van der Waals surface area contributed by atoms with Crippen LogP contribution in [0.1, 0.15) is 10.4 Å². The maximum absolute atomic E-state index is 11.8. The van der Waals surface area contributed by atoms with Crippen LogP contribution < -0.4 is 5.32 Å². The fourth-order valence-corrected chi connectivity index (χ4v) is 1.52. The molecule has 2 N–H and O–H groups in total. The summed E-state index contributed by atoms with van der Waals surface area (Å²) < 4.78 is 4.44. The molecule has 1 rings (SSSR count). The molecular weight excluding hydrogens is 288 g/mol. The van der Waals surface area contributed by atoms with E-state index in [1.807, 2.05) is 0 Å². The minimum absolute atomic E-state index is 0.0101. The van der Waals surface area contributed by atoms with E-state index in [0.29, 0.717) is 0 Å². The van der Waals surface area contributed by atoms with Crippen molar-refractivity contribution in [3.63, 3.8) is 0 Å². The highest BCUT2D eigenvalue weighted by atomic mass is 35.5.